The first-order valence-corrected chi connectivity index (χ1v) is 7.42. The molecule has 0 radical (unpaired) electrons. The summed E-state index contributed by atoms with van der Waals surface area (Å²) in [5.41, 5.74) is 3.84. The number of anilines is 1. The Morgan fingerprint density at radius 2 is 2.13 bits per heavy atom. The maximum absolute atomic E-state index is 8.70. The van der Waals surface area contributed by atoms with Crippen LogP contribution in [0.3, 0.4) is 0 Å². The van der Waals surface area contributed by atoms with Crippen LogP contribution in [0.4, 0.5) is 5.82 Å². The second-order valence-electron chi connectivity index (χ2n) is 4.94. The molecular formula is C19H20N4. The Labute approximate surface area is 137 Å². The highest BCUT2D eigenvalue weighted by atomic mass is 15.3. The van der Waals surface area contributed by atoms with Gasteiger partial charge < -0.3 is 5.32 Å². The molecule has 4 nitrogen and oxygen atoms in total. The highest BCUT2D eigenvalue weighted by Crippen LogP contribution is 2.28. The fourth-order valence-corrected chi connectivity index (χ4v) is 2.40. The van der Waals surface area contributed by atoms with Crippen LogP contribution in [0.25, 0.3) is 11.3 Å². The van der Waals surface area contributed by atoms with Crippen LogP contribution in [-0.2, 0) is 0 Å². The van der Waals surface area contributed by atoms with Crippen molar-refractivity contribution in [3.8, 4) is 11.8 Å². The average Bonchev–Trinajstić information content (AvgIpc) is 2.91. The molecule has 2 aromatic rings. The van der Waals surface area contributed by atoms with E-state index < -0.39 is 0 Å². The second-order valence-corrected chi connectivity index (χ2v) is 4.94. The SMILES string of the molecule is C=C/C=C(\C=C/CC#N)c1nn(-c2ccccc2)c(NC)c1C. The molecular weight excluding hydrogens is 284 g/mol. The van der Waals surface area contributed by atoms with Gasteiger partial charge in [-0.15, -0.1) is 0 Å². The predicted octanol–water partition coefficient (Wildman–Crippen LogP) is 4.26. The van der Waals surface area contributed by atoms with Crippen LogP contribution in [0.1, 0.15) is 17.7 Å². The van der Waals surface area contributed by atoms with E-state index in [4.69, 9.17) is 10.4 Å². The Balaban J connectivity index is 2.55. The van der Waals surface area contributed by atoms with Crippen molar-refractivity contribution < 1.29 is 0 Å². The smallest absolute Gasteiger partial charge is 0.133 e. The van der Waals surface area contributed by atoms with Gasteiger partial charge in [-0.3, -0.25) is 0 Å². The molecule has 1 aromatic heterocycles. The summed E-state index contributed by atoms with van der Waals surface area (Å²) < 4.78 is 1.89. The fraction of sp³-hybridized carbons (Fsp3) is 0.158. The average molecular weight is 304 g/mol. The molecule has 4 heteroatoms. The molecule has 0 atom stereocenters. The maximum Gasteiger partial charge on any atom is 0.133 e. The summed E-state index contributed by atoms with van der Waals surface area (Å²) in [5.74, 6) is 0.940. The zero-order chi connectivity index (χ0) is 16.7. The van der Waals surface area contributed by atoms with E-state index in [2.05, 4.69) is 18.0 Å². The minimum absolute atomic E-state index is 0.367. The molecule has 0 aliphatic carbocycles. The second kappa shape index (κ2) is 7.81. The molecule has 0 fully saturated rings. The summed E-state index contributed by atoms with van der Waals surface area (Å²) >= 11 is 0. The van der Waals surface area contributed by atoms with E-state index in [1.165, 1.54) is 0 Å². The minimum atomic E-state index is 0.367. The van der Waals surface area contributed by atoms with Crippen LogP contribution in [0.5, 0.6) is 0 Å². The number of hydrogen-bond donors (Lipinski definition) is 1. The highest BCUT2D eigenvalue weighted by Gasteiger charge is 2.16. The van der Waals surface area contributed by atoms with Gasteiger partial charge >= 0.3 is 0 Å². The number of benzene rings is 1. The van der Waals surface area contributed by atoms with Crippen molar-refractivity contribution in [2.45, 2.75) is 13.3 Å². The first-order chi connectivity index (χ1) is 11.2. The number of nitrogens with zero attached hydrogens (tertiary/aromatic N) is 3. The van der Waals surface area contributed by atoms with Gasteiger partial charge in [0.05, 0.1) is 23.9 Å². The van der Waals surface area contributed by atoms with Crippen molar-refractivity contribution in [2.75, 3.05) is 12.4 Å². The zero-order valence-corrected chi connectivity index (χ0v) is 13.5. The van der Waals surface area contributed by atoms with Gasteiger partial charge in [0.25, 0.3) is 0 Å². The fourth-order valence-electron chi connectivity index (χ4n) is 2.40. The van der Waals surface area contributed by atoms with Gasteiger partial charge in [0, 0.05) is 18.2 Å². The lowest BCUT2D eigenvalue weighted by molar-refractivity contribution is 0.879. The molecule has 0 bridgehead atoms. The molecule has 0 saturated heterocycles. The first kappa shape index (κ1) is 16.3. The standard InChI is InChI=1S/C19H20N4/c1-4-10-16(11-8-9-14-20)18-15(2)19(21-3)23(22-18)17-12-6-5-7-13-17/h4-8,10-13,21H,1,9H2,2-3H3/b11-8-,16-10+. The van der Waals surface area contributed by atoms with E-state index >= 15 is 0 Å². The maximum atomic E-state index is 8.70. The minimum Gasteiger partial charge on any atom is -0.373 e. The van der Waals surface area contributed by atoms with Crippen LogP contribution in [0.15, 0.2) is 61.2 Å². The van der Waals surface area contributed by atoms with Gasteiger partial charge in [-0.1, -0.05) is 49.1 Å². The molecule has 2 rings (SSSR count). The Morgan fingerprint density at radius 1 is 1.39 bits per heavy atom. The zero-order valence-electron chi connectivity index (χ0n) is 13.5. The van der Waals surface area contributed by atoms with E-state index in [0.717, 1.165) is 28.3 Å². The van der Waals surface area contributed by atoms with Crippen LogP contribution in [-0.4, -0.2) is 16.8 Å². The third kappa shape index (κ3) is 3.58. The molecule has 0 amide bonds. The Bertz CT molecular complexity index is 774. The van der Waals surface area contributed by atoms with E-state index in [9.17, 15) is 0 Å². The van der Waals surface area contributed by atoms with Gasteiger partial charge in [-0.25, -0.2) is 4.68 Å². The summed E-state index contributed by atoms with van der Waals surface area (Å²) in [6.07, 6.45) is 7.74. The van der Waals surface area contributed by atoms with E-state index in [1.807, 2.05) is 67.2 Å². The van der Waals surface area contributed by atoms with Crippen molar-refractivity contribution in [1.82, 2.24) is 9.78 Å². The predicted molar refractivity (Wildman–Crippen MR) is 95.4 cm³/mol. The van der Waals surface area contributed by atoms with Crippen LogP contribution >= 0.6 is 0 Å². The van der Waals surface area contributed by atoms with Gasteiger partial charge in [-0.05, 0) is 19.1 Å². The number of hydrogen-bond acceptors (Lipinski definition) is 3. The van der Waals surface area contributed by atoms with Crippen molar-refractivity contribution in [3.05, 3.63) is 72.5 Å². The number of para-hydroxylation sites is 1. The van der Waals surface area contributed by atoms with Crippen molar-refractivity contribution in [1.29, 1.82) is 5.26 Å². The molecule has 0 spiro atoms. The van der Waals surface area contributed by atoms with E-state index in [-0.39, 0.29) is 0 Å². The molecule has 0 aliphatic rings. The molecule has 1 heterocycles. The monoisotopic (exact) mass is 304 g/mol. The Hall–Kier alpha value is -3.06. The molecule has 116 valence electrons. The molecule has 1 N–H and O–H groups in total. The lowest BCUT2D eigenvalue weighted by Gasteiger charge is -2.06. The van der Waals surface area contributed by atoms with Crippen molar-refractivity contribution >= 4 is 11.4 Å². The lowest BCUT2D eigenvalue weighted by Crippen LogP contribution is -2.02. The summed E-state index contributed by atoms with van der Waals surface area (Å²) in [6, 6.07) is 12.1. The number of rotatable bonds is 6. The lowest BCUT2D eigenvalue weighted by atomic mass is 10.1. The van der Waals surface area contributed by atoms with E-state index in [1.54, 1.807) is 6.08 Å². The molecule has 0 unspecified atom stereocenters. The summed E-state index contributed by atoms with van der Waals surface area (Å²) in [4.78, 5) is 0. The number of nitriles is 1. The topological polar surface area (TPSA) is 53.6 Å². The van der Waals surface area contributed by atoms with Gasteiger partial charge in [0.2, 0.25) is 0 Å². The van der Waals surface area contributed by atoms with Crippen molar-refractivity contribution in [2.24, 2.45) is 0 Å². The third-order valence-corrected chi connectivity index (χ3v) is 3.44. The molecule has 0 saturated carbocycles. The summed E-state index contributed by atoms with van der Waals surface area (Å²) in [5, 5.41) is 16.7. The number of nitrogens with one attached hydrogen (secondary N) is 1. The van der Waals surface area contributed by atoms with Gasteiger partial charge in [-0.2, -0.15) is 10.4 Å². The Morgan fingerprint density at radius 3 is 2.74 bits per heavy atom. The Kier molecular flexibility index (Phi) is 5.54. The normalized spacial score (nSPS) is 11.4. The van der Waals surface area contributed by atoms with Crippen LogP contribution in [0.2, 0.25) is 0 Å². The molecule has 1 aromatic carbocycles. The summed E-state index contributed by atoms with van der Waals surface area (Å²) in [6.45, 7) is 5.80. The van der Waals surface area contributed by atoms with E-state index in [0.29, 0.717) is 6.42 Å². The quantitative estimate of drug-likeness (QED) is 0.811. The molecule has 23 heavy (non-hydrogen) atoms. The number of aromatic nitrogens is 2. The first-order valence-electron chi connectivity index (χ1n) is 7.42. The van der Waals surface area contributed by atoms with Gasteiger partial charge in [0.1, 0.15) is 5.82 Å². The largest absolute Gasteiger partial charge is 0.373 e. The molecule has 0 aliphatic heterocycles. The highest BCUT2D eigenvalue weighted by molar-refractivity contribution is 5.77. The van der Waals surface area contributed by atoms with Crippen LogP contribution < -0.4 is 5.32 Å². The van der Waals surface area contributed by atoms with Crippen molar-refractivity contribution in [3.63, 3.8) is 0 Å². The number of allylic oxidation sites excluding steroid dienone is 5. The van der Waals surface area contributed by atoms with Gasteiger partial charge in [0.15, 0.2) is 0 Å². The summed E-state index contributed by atoms with van der Waals surface area (Å²) in [7, 11) is 1.88. The van der Waals surface area contributed by atoms with Crippen LogP contribution in [0, 0.1) is 18.3 Å². The third-order valence-electron chi connectivity index (χ3n) is 3.44.